The van der Waals surface area contributed by atoms with Crippen molar-refractivity contribution in [2.24, 2.45) is 0 Å². The monoisotopic (exact) mass is 727 g/mol. The predicted molar refractivity (Wildman–Crippen MR) is 237 cm³/mol. The third kappa shape index (κ3) is 5.33. The highest BCUT2D eigenvalue weighted by Gasteiger charge is 2.46. The topological polar surface area (TPSA) is 16.4 Å². The SMILES string of the molecule is c1ccc(-c2ccc(N3c4ccccc4C(c4ccccc4)(c4ccccc4)c4cc(-c5cccc(-c6ccc7oc8ccccc8c7c6)c5)ccc43)cc2)cc1. The van der Waals surface area contributed by atoms with Crippen LogP contribution in [-0.2, 0) is 5.41 Å². The number of benzene rings is 9. The van der Waals surface area contributed by atoms with Crippen LogP contribution in [0.5, 0.6) is 0 Å². The fourth-order valence-electron chi connectivity index (χ4n) is 9.13. The molecular formula is C55H37NO. The summed E-state index contributed by atoms with van der Waals surface area (Å²) in [5.74, 6) is 0. The number of fused-ring (bicyclic) bond motifs is 5. The lowest BCUT2D eigenvalue weighted by atomic mass is 9.62. The molecule has 2 nitrogen and oxygen atoms in total. The molecule has 9 aromatic carbocycles. The maximum Gasteiger partial charge on any atom is 0.135 e. The maximum absolute atomic E-state index is 6.17. The van der Waals surface area contributed by atoms with Crippen LogP contribution in [0.15, 0.2) is 229 Å². The van der Waals surface area contributed by atoms with Gasteiger partial charge in [-0.1, -0.05) is 170 Å². The molecule has 0 atom stereocenters. The smallest absolute Gasteiger partial charge is 0.135 e. The summed E-state index contributed by atoms with van der Waals surface area (Å²) < 4.78 is 6.17. The molecule has 0 saturated carbocycles. The van der Waals surface area contributed by atoms with Crippen LogP contribution in [0, 0.1) is 0 Å². The van der Waals surface area contributed by atoms with Gasteiger partial charge in [0, 0.05) is 16.5 Å². The van der Waals surface area contributed by atoms with Crippen molar-refractivity contribution in [1.29, 1.82) is 0 Å². The van der Waals surface area contributed by atoms with E-state index in [1.165, 1.54) is 55.8 Å². The molecule has 10 aromatic rings. The van der Waals surface area contributed by atoms with E-state index >= 15 is 0 Å². The van der Waals surface area contributed by atoms with E-state index in [0.29, 0.717) is 0 Å². The van der Waals surface area contributed by atoms with E-state index in [1.54, 1.807) is 0 Å². The number of furan rings is 1. The van der Waals surface area contributed by atoms with Crippen molar-refractivity contribution >= 4 is 39.0 Å². The molecule has 0 fully saturated rings. The Balaban J connectivity index is 1.13. The molecule has 2 heteroatoms. The van der Waals surface area contributed by atoms with E-state index in [9.17, 15) is 0 Å². The highest BCUT2D eigenvalue weighted by atomic mass is 16.3. The third-order valence-electron chi connectivity index (χ3n) is 11.7. The lowest BCUT2D eigenvalue weighted by Gasteiger charge is -2.46. The normalized spacial score (nSPS) is 13.0. The van der Waals surface area contributed by atoms with Crippen molar-refractivity contribution in [2.45, 2.75) is 5.41 Å². The Morgan fingerprint density at radius 2 is 0.825 bits per heavy atom. The minimum atomic E-state index is -0.587. The Morgan fingerprint density at radius 3 is 1.56 bits per heavy atom. The molecule has 11 rings (SSSR count). The highest BCUT2D eigenvalue weighted by molar-refractivity contribution is 6.06. The second kappa shape index (κ2) is 13.4. The Bertz CT molecular complexity index is 3020. The first-order valence-corrected chi connectivity index (χ1v) is 19.6. The van der Waals surface area contributed by atoms with Crippen LogP contribution in [-0.4, -0.2) is 0 Å². The van der Waals surface area contributed by atoms with Crippen LogP contribution in [0.3, 0.4) is 0 Å². The molecule has 1 aromatic heterocycles. The zero-order valence-corrected chi connectivity index (χ0v) is 31.2. The molecule has 0 aliphatic carbocycles. The van der Waals surface area contributed by atoms with Crippen molar-refractivity contribution in [1.82, 2.24) is 0 Å². The number of anilines is 3. The minimum absolute atomic E-state index is 0.587. The Hall–Kier alpha value is -7.42. The standard InChI is InChI=1S/C55H37NO/c1-4-15-38(16-5-1)39-27-31-46(32-28-39)56-51-25-12-11-24-49(51)55(44-19-6-2-7-20-44,45-21-8-3-9-22-45)50-37-43(29-33-52(50)56)41-18-14-17-40(35-41)42-30-34-54-48(36-42)47-23-10-13-26-53(47)57-54/h1-37H. The van der Waals surface area contributed by atoms with Crippen LogP contribution in [0.2, 0.25) is 0 Å². The third-order valence-corrected chi connectivity index (χ3v) is 11.7. The van der Waals surface area contributed by atoms with E-state index in [2.05, 4.69) is 217 Å². The van der Waals surface area contributed by atoms with Gasteiger partial charge in [-0.3, -0.25) is 0 Å². The summed E-state index contributed by atoms with van der Waals surface area (Å²) >= 11 is 0. The number of hydrogen-bond acceptors (Lipinski definition) is 2. The van der Waals surface area contributed by atoms with Crippen molar-refractivity contribution < 1.29 is 4.42 Å². The van der Waals surface area contributed by atoms with Crippen LogP contribution in [0.1, 0.15) is 22.3 Å². The summed E-state index contributed by atoms with van der Waals surface area (Å²) in [6.45, 7) is 0. The molecule has 2 heterocycles. The fraction of sp³-hybridized carbons (Fsp3) is 0.0182. The van der Waals surface area contributed by atoms with Crippen LogP contribution < -0.4 is 4.90 Å². The quantitative estimate of drug-likeness (QED) is 0.170. The molecule has 0 spiro atoms. The molecular weight excluding hydrogens is 691 g/mol. The van der Waals surface area contributed by atoms with Crippen LogP contribution >= 0.6 is 0 Å². The first-order chi connectivity index (χ1) is 28.3. The number of hydrogen-bond donors (Lipinski definition) is 0. The van der Waals surface area contributed by atoms with Gasteiger partial charge in [0.2, 0.25) is 0 Å². The van der Waals surface area contributed by atoms with E-state index < -0.39 is 5.41 Å². The van der Waals surface area contributed by atoms with Crippen LogP contribution in [0.25, 0.3) is 55.3 Å². The molecule has 0 amide bonds. The van der Waals surface area contributed by atoms with Crippen molar-refractivity contribution in [2.75, 3.05) is 4.90 Å². The molecule has 0 radical (unpaired) electrons. The Labute approximate surface area is 332 Å². The molecule has 268 valence electrons. The van der Waals surface area contributed by atoms with Gasteiger partial charge in [0.1, 0.15) is 11.2 Å². The van der Waals surface area contributed by atoms with Crippen molar-refractivity contribution in [3.8, 4) is 33.4 Å². The largest absolute Gasteiger partial charge is 0.456 e. The van der Waals surface area contributed by atoms with Crippen molar-refractivity contribution in [3.05, 3.63) is 247 Å². The second-order valence-corrected chi connectivity index (χ2v) is 14.9. The van der Waals surface area contributed by atoms with Gasteiger partial charge in [-0.2, -0.15) is 0 Å². The number of rotatable bonds is 6. The highest BCUT2D eigenvalue weighted by Crippen LogP contribution is 2.58. The molecule has 1 aliphatic rings. The molecule has 1 aliphatic heterocycles. The molecule has 0 N–H and O–H groups in total. The minimum Gasteiger partial charge on any atom is -0.456 e. The average molecular weight is 728 g/mol. The van der Waals surface area contributed by atoms with Gasteiger partial charge in [0.25, 0.3) is 0 Å². The van der Waals surface area contributed by atoms with Gasteiger partial charge < -0.3 is 9.32 Å². The van der Waals surface area contributed by atoms with Gasteiger partial charge in [0.15, 0.2) is 0 Å². The first kappa shape index (κ1) is 33.0. The molecule has 0 saturated heterocycles. The summed E-state index contributed by atoms with van der Waals surface area (Å²) in [6, 6.07) is 81.5. The number of para-hydroxylation sites is 2. The zero-order valence-electron chi connectivity index (χ0n) is 31.2. The van der Waals surface area contributed by atoms with Crippen LogP contribution in [0.4, 0.5) is 17.1 Å². The summed E-state index contributed by atoms with van der Waals surface area (Å²) in [5, 5.41) is 2.27. The van der Waals surface area contributed by atoms with Gasteiger partial charge >= 0.3 is 0 Å². The van der Waals surface area contributed by atoms with E-state index in [1.807, 2.05) is 12.1 Å². The summed E-state index contributed by atoms with van der Waals surface area (Å²) in [4.78, 5) is 2.45. The lowest BCUT2D eigenvalue weighted by Crippen LogP contribution is -2.37. The van der Waals surface area contributed by atoms with Crippen molar-refractivity contribution in [3.63, 3.8) is 0 Å². The van der Waals surface area contributed by atoms with E-state index in [-0.39, 0.29) is 0 Å². The zero-order chi connectivity index (χ0) is 37.8. The Morgan fingerprint density at radius 1 is 0.316 bits per heavy atom. The molecule has 0 unspecified atom stereocenters. The predicted octanol–water partition coefficient (Wildman–Crippen LogP) is 14.8. The lowest BCUT2D eigenvalue weighted by molar-refractivity contribution is 0.669. The van der Waals surface area contributed by atoms with Gasteiger partial charge in [0.05, 0.1) is 16.8 Å². The molecule has 57 heavy (non-hydrogen) atoms. The maximum atomic E-state index is 6.17. The van der Waals surface area contributed by atoms with E-state index in [0.717, 1.165) is 38.9 Å². The summed E-state index contributed by atoms with van der Waals surface area (Å²) in [7, 11) is 0. The first-order valence-electron chi connectivity index (χ1n) is 19.6. The van der Waals surface area contributed by atoms with Gasteiger partial charge in [-0.25, -0.2) is 0 Å². The summed E-state index contributed by atoms with van der Waals surface area (Å²) in [6.07, 6.45) is 0. The summed E-state index contributed by atoms with van der Waals surface area (Å²) in [5.41, 5.74) is 16.7. The van der Waals surface area contributed by atoms with Gasteiger partial charge in [-0.05, 0) is 110 Å². The second-order valence-electron chi connectivity index (χ2n) is 14.9. The van der Waals surface area contributed by atoms with Gasteiger partial charge in [-0.15, -0.1) is 0 Å². The number of nitrogens with zero attached hydrogens (tertiary/aromatic N) is 1. The van der Waals surface area contributed by atoms with E-state index in [4.69, 9.17) is 4.42 Å². The fourth-order valence-corrected chi connectivity index (χ4v) is 9.13. The Kier molecular flexibility index (Phi) is 7.75. The average Bonchev–Trinajstić information content (AvgIpc) is 3.67. The molecule has 0 bridgehead atoms.